The molecular formula is C84H164O17P2. The van der Waals surface area contributed by atoms with Crippen LogP contribution in [0.5, 0.6) is 0 Å². The number of phosphoric ester groups is 2. The van der Waals surface area contributed by atoms with Crippen molar-refractivity contribution in [2.45, 2.75) is 464 Å². The molecule has 0 spiro atoms. The van der Waals surface area contributed by atoms with E-state index in [-0.39, 0.29) is 25.7 Å². The first kappa shape index (κ1) is 101. The Morgan fingerprint density at radius 3 is 0.660 bits per heavy atom. The van der Waals surface area contributed by atoms with E-state index < -0.39 is 97.5 Å². The first-order valence-electron chi connectivity index (χ1n) is 43.5. The summed E-state index contributed by atoms with van der Waals surface area (Å²) < 4.78 is 68.8. The molecule has 0 fully saturated rings. The van der Waals surface area contributed by atoms with Gasteiger partial charge in [-0.3, -0.25) is 37.3 Å². The first-order valence-corrected chi connectivity index (χ1v) is 46.5. The van der Waals surface area contributed by atoms with Gasteiger partial charge in [0.15, 0.2) is 12.2 Å². The summed E-state index contributed by atoms with van der Waals surface area (Å²) >= 11 is 0. The Morgan fingerprint density at radius 1 is 0.262 bits per heavy atom. The SMILES string of the molecule is CCCCCCCCCCCCCCCCCCCCCCCC(=O)O[C@H](COC(=O)CCCCCCCCCCCCCCCCCC)COP(=O)(O)OC[C@@H](O)COP(=O)(O)OC[C@@H](COC(=O)CCCCCCCCCCC(C)C)OC(=O)CCCCCCCCCCCCCCC(C)C. The molecule has 103 heavy (non-hydrogen) atoms. The van der Waals surface area contributed by atoms with Crippen LogP contribution in [-0.2, 0) is 65.4 Å². The molecule has 0 saturated carbocycles. The van der Waals surface area contributed by atoms with Gasteiger partial charge in [0.2, 0.25) is 0 Å². The second-order valence-corrected chi connectivity index (χ2v) is 34.1. The van der Waals surface area contributed by atoms with Crippen LogP contribution in [0.2, 0.25) is 0 Å². The van der Waals surface area contributed by atoms with Crippen LogP contribution in [0, 0.1) is 11.8 Å². The number of carbonyl (C=O) groups is 4. The predicted octanol–water partition coefficient (Wildman–Crippen LogP) is 25.5. The summed E-state index contributed by atoms with van der Waals surface area (Å²) in [6, 6.07) is 0. The fraction of sp³-hybridized carbons (Fsp3) is 0.952. The molecule has 0 aromatic heterocycles. The van der Waals surface area contributed by atoms with Gasteiger partial charge in [-0.15, -0.1) is 0 Å². The van der Waals surface area contributed by atoms with Crippen LogP contribution in [0.25, 0.3) is 0 Å². The minimum Gasteiger partial charge on any atom is -0.462 e. The van der Waals surface area contributed by atoms with Crippen LogP contribution in [0.15, 0.2) is 0 Å². The Hall–Kier alpha value is -1.94. The quantitative estimate of drug-likeness (QED) is 0.0222. The van der Waals surface area contributed by atoms with Crippen LogP contribution < -0.4 is 0 Å². The summed E-state index contributed by atoms with van der Waals surface area (Å²) in [5.74, 6) is -0.602. The van der Waals surface area contributed by atoms with Crippen molar-refractivity contribution in [3.63, 3.8) is 0 Å². The minimum absolute atomic E-state index is 0.107. The summed E-state index contributed by atoms with van der Waals surface area (Å²) in [5, 5.41) is 10.7. The van der Waals surface area contributed by atoms with E-state index in [1.165, 1.54) is 263 Å². The number of unbranched alkanes of at least 4 members (excludes halogenated alkanes) is 53. The third-order valence-corrected chi connectivity index (χ3v) is 21.6. The highest BCUT2D eigenvalue weighted by molar-refractivity contribution is 7.47. The second-order valence-electron chi connectivity index (χ2n) is 31.2. The Kier molecular flexibility index (Phi) is 74.1. The molecule has 3 N–H and O–H groups in total. The fourth-order valence-corrected chi connectivity index (χ4v) is 14.6. The van der Waals surface area contributed by atoms with E-state index in [1.807, 2.05) is 0 Å². The van der Waals surface area contributed by atoms with Gasteiger partial charge in [-0.05, 0) is 37.5 Å². The van der Waals surface area contributed by atoms with Gasteiger partial charge >= 0.3 is 39.5 Å². The zero-order valence-corrected chi connectivity index (χ0v) is 69.4. The molecule has 2 unspecified atom stereocenters. The molecule has 0 aliphatic heterocycles. The predicted molar refractivity (Wildman–Crippen MR) is 423 cm³/mol. The number of carbonyl (C=O) groups excluding carboxylic acids is 4. The van der Waals surface area contributed by atoms with E-state index >= 15 is 0 Å². The number of hydrogen-bond acceptors (Lipinski definition) is 15. The van der Waals surface area contributed by atoms with Gasteiger partial charge in [-0.25, -0.2) is 9.13 Å². The lowest BCUT2D eigenvalue weighted by atomic mass is 10.0. The van der Waals surface area contributed by atoms with E-state index in [0.717, 1.165) is 102 Å². The summed E-state index contributed by atoms with van der Waals surface area (Å²) in [4.78, 5) is 73.1. The van der Waals surface area contributed by atoms with E-state index in [9.17, 15) is 43.2 Å². The fourth-order valence-electron chi connectivity index (χ4n) is 13.1. The topological polar surface area (TPSA) is 237 Å². The number of aliphatic hydroxyl groups excluding tert-OH is 1. The minimum atomic E-state index is -4.96. The van der Waals surface area contributed by atoms with Crippen LogP contribution in [0.1, 0.15) is 446 Å². The molecule has 0 bridgehead atoms. The van der Waals surface area contributed by atoms with Crippen molar-refractivity contribution in [1.29, 1.82) is 0 Å². The van der Waals surface area contributed by atoms with Crippen molar-refractivity contribution in [1.82, 2.24) is 0 Å². The molecule has 0 saturated heterocycles. The number of hydrogen-bond donors (Lipinski definition) is 3. The van der Waals surface area contributed by atoms with Crippen LogP contribution >= 0.6 is 15.6 Å². The molecule has 0 aromatic rings. The Balaban J connectivity index is 5.24. The van der Waals surface area contributed by atoms with Crippen molar-refractivity contribution < 1.29 is 80.2 Å². The third-order valence-electron chi connectivity index (χ3n) is 19.7. The first-order chi connectivity index (χ1) is 49.9. The van der Waals surface area contributed by atoms with Gasteiger partial charge in [0, 0.05) is 25.7 Å². The van der Waals surface area contributed by atoms with Gasteiger partial charge in [-0.2, -0.15) is 0 Å². The second kappa shape index (κ2) is 75.5. The number of ether oxygens (including phenoxy) is 4. The number of rotatable bonds is 83. The van der Waals surface area contributed by atoms with Crippen LogP contribution in [0.3, 0.4) is 0 Å². The van der Waals surface area contributed by atoms with Gasteiger partial charge < -0.3 is 33.8 Å². The summed E-state index contributed by atoms with van der Waals surface area (Å²) in [5.41, 5.74) is 0. The van der Waals surface area contributed by atoms with Gasteiger partial charge in [0.25, 0.3) is 0 Å². The lowest BCUT2D eigenvalue weighted by Crippen LogP contribution is -2.30. The lowest BCUT2D eigenvalue weighted by Gasteiger charge is -2.21. The van der Waals surface area contributed by atoms with Crippen molar-refractivity contribution >= 4 is 39.5 Å². The Morgan fingerprint density at radius 2 is 0.447 bits per heavy atom. The van der Waals surface area contributed by atoms with Crippen LogP contribution in [0.4, 0.5) is 0 Å². The molecule has 0 radical (unpaired) electrons. The largest absolute Gasteiger partial charge is 0.472 e. The van der Waals surface area contributed by atoms with Crippen LogP contribution in [-0.4, -0.2) is 96.7 Å². The standard InChI is InChI=1S/C84H164O17P2/c1-7-9-11-13-15-17-19-21-23-25-26-27-28-29-31-33-38-42-50-56-62-68-83(88)100-79(72-94-81(86)66-60-54-48-41-37-32-30-24-22-20-18-16-14-12-10-8-2)74-98-102(90,91)96-70-78(85)71-97-103(92,93)99-75-80(73-95-82(87)67-61-55-49-45-44-47-53-59-65-77(5)6)101-84(89)69-63-57-51-43-39-35-34-36-40-46-52-58-64-76(3)4/h76-80,85H,7-75H2,1-6H3,(H,90,91)(H,92,93)/t78-,79-,80-/m1/s1. The highest BCUT2D eigenvalue weighted by Crippen LogP contribution is 2.45. The number of esters is 4. The molecule has 0 heterocycles. The summed E-state index contributed by atoms with van der Waals surface area (Å²) in [7, 11) is -9.92. The van der Waals surface area contributed by atoms with E-state index in [1.54, 1.807) is 0 Å². The zero-order chi connectivity index (χ0) is 75.6. The van der Waals surface area contributed by atoms with Gasteiger partial charge in [-0.1, -0.05) is 395 Å². The molecule has 17 nitrogen and oxygen atoms in total. The van der Waals surface area contributed by atoms with Gasteiger partial charge in [0.1, 0.15) is 19.3 Å². The molecule has 0 aromatic carbocycles. The zero-order valence-electron chi connectivity index (χ0n) is 67.6. The van der Waals surface area contributed by atoms with E-state index in [2.05, 4.69) is 41.5 Å². The summed E-state index contributed by atoms with van der Waals surface area (Å²) in [6.07, 6.45) is 66.7. The lowest BCUT2D eigenvalue weighted by molar-refractivity contribution is -0.161. The smallest absolute Gasteiger partial charge is 0.462 e. The molecule has 0 aliphatic rings. The molecule has 5 atom stereocenters. The maximum absolute atomic E-state index is 13.1. The highest BCUT2D eigenvalue weighted by Gasteiger charge is 2.30. The summed E-state index contributed by atoms with van der Waals surface area (Å²) in [6.45, 7) is 9.63. The van der Waals surface area contributed by atoms with Crippen molar-refractivity contribution in [3.05, 3.63) is 0 Å². The monoisotopic (exact) mass is 1510 g/mol. The maximum atomic E-state index is 13.1. The van der Waals surface area contributed by atoms with E-state index in [4.69, 9.17) is 37.0 Å². The highest BCUT2D eigenvalue weighted by atomic mass is 31.2. The molecule has 0 aliphatic carbocycles. The maximum Gasteiger partial charge on any atom is 0.472 e. The van der Waals surface area contributed by atoms with Gasteiger partial charge in [0.05, 0.1) is 26.4 Å². The average Bonchev–Trinajstić information content (AvgIpc) is 0.917. The molecule has 0 amide bonds. The Bertz CT molecular complexity index is 1980. The molecule has 19 heteroatoms. The molecule has 0 rings (SSSR count). The average molecular weight is 1510 g/mol. The number of aliphatic hydroxyl groups is 1. The van der Waals surface area contributed by atoms with Crippen molar-refractivity contribution in [3.8, 4) is 0 Å². The molecule has 612 valence electrons. The normalized spacial score (nSPS) is 13.9. The van der Waals surface area contributed by atoms with Crippen molar-refractivity contribution in [2.75, 3.05) is 39.6 Å². The molecular weight excluding hydrogens is 1340 g/mol. The Labute approximate surface area is 632 Å². The van der Waals surface area contributed by atoms with Crippen molar-refractivity contribution in [2.24, 2.45) is 11.8 Å². The third kappa shape index (κ3) is 78.0. The van der Waals surface area contributed by atoms with E-state index in [0.29, 0.717) is 25.7 Å². The number of phosphoric acid groups is 2.